The minimum Gasteiger partial charge on any atom is -0.493 e. The summed E-state index contributed by atoms with van der Waals surface area (Å²) >= 11 is 6.27. The zero-order valence-electron chi connectivity index (χ0n) is 26.5. The Bertz CT molecular complexity index is 1460. The van der Waals surface area contributed by atoms with E-state index in [1.807, 2.05) is 86.3 Å². The highest BCUT2D eigenvalue weighted by Crippen LogP contribution is 2.48. The Kier molecular flexibility index (Phi) is 8.36. The maximum absolute atomic E-state index is 13.9. The molecule has 2 heterocycles. The average Bonchev–Trinajstić information content (AvgIpc) is 2.91. The van der Waals surface area contributed by atoms with Crippen LogP contribution in [0.3, 0.4) is 0 Å². The monoisotopic (exact) mass is 605 g/mol. The third kappa shape index (κ3) is 6.43. The number of anilines is 1. The minimum absolute atomic E-state index is 0.0109. The van der Waals surface area contributed by atoms with Gasteiger partial charge in [0.05, 0.1) is 42.5 Å². The summed E-state index contributed by atoms with van der Waals surface area (Å²) in [5.41, 5.74) is 2.64. The van der Waals surface area contributed by atoms with Crippen molar-refractivity contribution in [1.82, 2.24) is 0 Å². The number of ether oxygens (including phenoxy) is 3. The molecule has 1 amide bonds. The summed E-state index contributed by atoms with van der Waals surface area (Å²) in [7, 11) is 1.61. The molecule has 2 atom stereocenters. The highest BCUT2D eigenvalue weighted by molar-refractivity contribution is 6.30. The summed E-state index contributed by atoms with van der Waals surface area (Å²) in [5.74, 6) is 1.23. The topological polar surface area (TPSA) is 68.2 Å². The van der Waals surface area contributed by atoms with Gasteiger partial charge in [0, 0.05) is 10.7 Å². The lowest BCUT2D eigenvalue weighted by Crippen LogP contribution is -2.50. The molecule has 7 heteroatoms. The number of benzene rings is 3. The molecule has 6 nitrogen and oxygen atoms in total. The van der Waals surface area contributed by atoms with Crippen molar-refractivity contribution in [3.8, 4) is 11.5 Å². The Hall–Kier alpha value is -3.06. The molecular formula is C36H44ClNO5. The van der Waals surface area contributed by atoms with Crippen molar-refractivity contribution in [1.29, 1.82) is 0 Å². The second-order valence-corrected chi connectivity index (χ2v) is 14.1. The van der Waals surface area contributed by atoms with Crippen LogP contribution in [0.25, 0.3) is 0 Å². The van der Waals surface area contributed by atoms with Gasteiger partial charge in [-0.05, 0) is 126 Å². The third-order valence-electron chi connectivity index (χ3n) is 8.69. The summed E-state index contributed by atoms with van der Waals surface area (Å²) in [6.45, 7) is 14.2. The van der Waals surface area contributed by atoms with Crippen LogP contribution in [-0.2, 0) is 21.6 Å². The summed E-state index contributed by atoms with van der Waals surface area (Å²) in [5, 5.41) is 12.5. The molecular weight excluding hydrogens is 562 g/mol. The summed E-state index contributed by atoms with van der Waals surface area (Å²) in [6, 6.07) is 18.9. The van der Waals surface area contributed by atoms with Crippen molar-refractivity contribution in [2.45, 2.75) is 96.7 Å². The van der Waals surface area contributed by atoms with Crippen LogP contribution < -0.4 is 14.4 Å². The maximum atomic E-state index is 13.9. The molecule has 230 valence electrons. The standard InChI is InChI=1S/C36H44ClNO5/c1-22(2)42-31-19-29-24(17-30(31)41-8)18-32(39)38(33(29)23-9-13-27(37)14-10-23)28-15-11-25(12-16-28)36(7,40)26-20-34(3,4)43-35(5,6)21-26/h9-17,19,22,26,33,40H,18,20-21H2,1-8H3. The summed E-state index contributed by atoms with van der Waals surface area (Å²) < 4.78 is 18.1. The van der Waals surface area contributed by atoms with Gasteiger partial charge in [-0.25, -0.2) is 0 Å². The van der Waals surface area contributed by atoms with Gasteiger partial charge in [-0.2, -0.15) is 0 Å². The van der Waals surface area contributed by atoms with Gasteiger partial charge in [0.2, 0.25) is 5.91 Å². The first-order chi connectivity index (χ1) is 20.1. The molecule has 2 aliphatic heterocycles. The molecule has 0 spiro atoms. The van der Waals surface area contributed by atoms with Crippen molar-refractivity contribution in [3.05, 3.63) is 87.9 Å². The van der Waals surface area contributed by atoms with E-state index in [1.165, 1.54) is 0 Å². The number of amides is 1. The number of hydrogen-bond donors (Lipinski definition) is 1. The van der Waals surface area contributed by atoms with Crippen LogP contribution in [-0.4, -0.2) is 35.4 Å². The van der Waals surface area contributed by atoms with E-state index >= 15 is 0 Å². The van der Waals surface area contributed by atoms with Gasteiger partial charge in [-0.15, -0.1) is 0 Å². The van der Waals surface area contributed by atoms with Crippen molar-refractivity contribution in [2.75, 3.05) is 12.0 Å². The molecule has 1 fully saturated rings. The zero-order chi connectivity index (χ0) is 31.3. The van der Waals surface area contributed by atoms with Gasteiger partial charge in [0.15, 0.2) is 11.5 Å². The number of methoxy groups -OCH3 is 1. The van der Waals surface area contributed by atoms with Gasteiger partial charge in [0.25, 0.3) is 0 Å². The maximum Gasteiger partial charge on any atom is 0.232 e. The molecule has 3 aromatic rings. The van der Waals surface area contributed by atoms with E-state index in [4.69, 9.17) is 25.8 Å². The first-order valence-electron chi connectivity index (χ1n) is 15.1. The van der Waals surface area contributed by atoms with Crippen LogP contribution in [0.2, 0.25) is 5.02 Å². The van der Waals surface area contributed by atoms with E-state index < -0.39 is 11.6 Å². The molecule has 0 radical (unpaired) electrons. The highest BCUT2D eigenvalue weighted by atomic mass is 35.5. The van der Waals surface area contributed by atoms with E-state index in [1.54, 1.807) is 7.11 Å². The molecule has 2 unspecified atom stereocenters. The molecule has 0 aromatic heterocycles. The quantitative estimate of drug-likeness (QED) is 0.295. The first-order valence-corrected chi connectivity index (χ1v) is 15.5. The van der Waals surface area contributed by atoms with Gasteiger partial charge in [0.1, 0.15) is 0 Å². The van der Waals surface area contributed by atoms with Crippen molar-refractivity contribution in [2.24, 2.45) is 5.92 Å². The number of fused-ring (bicyclic) bond motifs is 1. The van der Waals surface area contributed by atoms with E-state index in [9.17, 15) is 9.90 Å². The Labute approximate surface area is 260 Å². The van der Waals surface area contributed by atoms with Crippen molar-refractivity contribution in [3.63, 3.8) is 0 Å². The number of carbonyl (C=O) groups excluding carboxylic acids is 1. The Morgan fingerprint density at radius 2 is 1.58 bits per heavy atom. The molecule has 1 N–H and O–H groups in total. The molecule has 0 bridgehead atoms. The highest BCUT2D eigenvalue weighted by Gasteiger charge is 2.47. The minimum atomic E-state index is -1.06. The predicted molar refractivity (Wildman–Crippen MR) is 171 cm³/mol. The zero-order valence-corrected chi connectivity index (χ0v) is 27.3. The predicted octanol–water partition coefficient (Wildman–Crippen LogP) is 8.01. The fourth-order valence-electron chi connectivity index (χ4n) is 7.01. The van der Waals surface area contributed by atoms with Crippen LogP contribution in [0.5, 0.6) is 11.5 Å². The van der Waals surface area contributed by atoms with Gasteiger partial charge in [-0.3, -0.25) is 4.79 Å². The number of nitrogens with zero attached hydrogens (tertiary/aromatic N) is 1. The normalized spacial score (nSPS) is 21.3. The lowest BCUT2D eigenvalue weighted by molar-refractivity contribution is -0.201. The van der Waals surface area contributed by atoms with Gasteiger partial charge in [-0.1, -0.05) is 35.9 Å². The van der Waals surface area contributed by atoms with E-state index in [0.29, 0.717) is 16.5 Å². The molecule has 2 aliphatic rings. The SMILES string of the molecule is COc1cc2c(cc1OC(C)C)C(c1ccc(Cl)cc1)N(c1ccc(C(C)(O)C3CC(C)(C)OC(C)(C)C3)cc1)C(=O)C2. The third-order valence-corrected chi connectivity index (χ3v) is 8.94. The Morgan fingerprint density at radius 1 is 0.977 bits per heavy atom. The smallest absolute Gasteiger partial charge is 0.232 e. The lowest BCUT2D eigenvalue weighted by Gasteiger charge is -2.49. The summed E-state index contributed by atoms with van der Waals surface area (Å²) in [4.78, 5) is 15.8. The second-order valence-electron chi connectivity index (χ2n) is 13.7. The largest absolute Gasteiger partial charge is 0.493 e. The van der Waals surface area contributed by atoms with Crippen LogP contribution in [0.15, 0.2) is 60.7 Å². The lowest BCUT2D eigenvalue weighted by atomic mass is 9.70. The van der Waals surface area contributed by atoms with E-state index in [2.05, 4.69) is 27.7 Å². The van der Waals surface area contributed by atoms with Crippen molar-refractivity contribution < 1.29 is 24.1 Å². The molecule has 3 aromatic carbocycles. The fraction of sp³-hybridized carbons (Fsp3) is 0.472. The van der Waals surface area contributed by atoms with Gasteiger partial charge < -0.3 is 24.2 Å². The molecule has 0 aliphatic carbocycles. The van der Waals surface area contributed by atoms with Crippen LogP contribution in [0, 0.1) is 5.92 Å². The van der Waals surface area contributed by atoms with Crippen LogP contribution in [0.1, 0.15) is 89.6 Å². The molecule has 1 saturated heterocycles. The molecule has 0 saturated carbocycles. The first kappa shape index (κ1) is 31.4. The number of carbonyl (C=O) groups is 1. The van der Waals surface area contributed by atoms with Crippen LogP contribution in [0.4, 0.5) is 5.69 Å². The number of halogens is 1. The van der Waals surface area contributed by atoms with Crippen LogP contribution >= 0.6 is 11.6 Å². The van der Waals surface area contributed by atoms with E-state index in [0.717, 1.165) is 40.8 Å². The second kappa shape index (κ2) is 11.5. The average molecular weight is 606 g/mol. The summed E-state index contributed by atoms with van der Waals surface area (Å²) in [6.07, 6.45) is 1.67. The molecule has 5 rings (SSSR count). The van der Waals surface area contributed by atoms with E-state index in [-0.39, 0.29) is 35.6 Å². The Morgan fingerprint density at radius 3 is 2.14 bits per heavy atom. The van der Waals surface area contributed by atoms with Gasteiger partial charge >= 0.3 is 0 Å². The number of rotatable bonds is 7. The fourth-order valence-corrected chi connectivity index (χ4v) is 7.14. The Balaban J connectivity index is 1.56. The number of aliphatic hydroxyl groups is 1. The number of hydrogen-bond acceptors (Lipinski definition) is 5. The molecule has 43 heavy (non-hydrogen) atoms. The van der Waals surface area contributed by atoms with Crippen molar-refractivity contribution >= 4 is 23.2 Å².